The second-order valence-electron chi connectivity index (χ2n) is 5.90. The molecule has 1 aliphatic heterocycles. The molecular formula is C15H18N8O. The highest BCUT2D eigenvalue weighted by molar-refractivity contribution is 5.98. The molecule has 3 aromatic rings. The van der Waals surface area contributed by atoms with Gasteiger partial charge in [-0.3, -0.25) is 14.4 Å². The first-order valence-electron chi connectivity index (χ1n) is 7.87. The molecule has 124 valence electrons. The Balaban J connectivity index is 1.63. The molecule has 1 saturated heterocycles. The van der Waals surface area contributed by atoms with Crippen molar-refractivity contribution < 1.29 is 4.79 Å². The molecule has 3 aromatic heterocycles. The van der Waals surface area contributed by atoms with Crippen LogP contribution < -0.4 is 10.2 Å². The minimum absolute atomic E-state index is 0.0348. The molecule has 0 saturated carbocycles. The lowest BCUT2D eigenvalue weighted by Crippen LogP contribution is -2.48. The molecule has 9 nitrogen and oxygen atoms in total. The van der Waals surface area contributed by atoms with Gasteiger partial charge < -0.3 is 5.32 Å². The SMILES string of the molecule is Cc1cc(NC2CCCN(c3ccnn3C)C2=O)n2ncnc2n1. The largest absolute Gasteiger partial charge is 0.358 e. The van der Waals surface area contributed by atoms with E-state index >= 15 is 0 Å². The maximum absolute atomic E-state index is 12.9. The van der Waals surface area contributed by atoms with Crippen molar-refractivity contribution in [2.24, 2.45) is 7.05 Å². The number of aromatic nitrogens is 6. The third-order valence-electron chi connectivity index (χ3n) is 4.21. The van der Waals surface area contributed by atoms with Gasteiger partial charge in [0.05, 0.1) is 6.20 Å². The minimum atomic E-state index is -0.317. The Hall–Kier alpha value is -2.97. The Morgan fingerprint density at radius 3 is 3.00 bits per heavy atom. The first-order chi connectivity index (χ1) is 11.6. The van der Waals surface area contributed by atoms with Crippen molar-refractivity contribution in [2.45, 2.75) is 25.8 Å². The van der Waals surface area contributed by atoms with E-state index in [1.807, 2.05) is 26.1 Å². The number of nitrogens with one attached hydrogen (secondary N) is 1. The summed E-state index contributed by atoms with van der Waals surface area (Å²) in [5.74, 6) is 2.08. The van der Waals surface area contributed by atoms with Crippen LogP contribution in [0.3, 0.4) is 0 Å². The molecule has 1 aliphatic rings. The molecule has 1 atom stereocenters. The van der Waals surface area contributed by atoms with Crippen LogP contribution in [-0.4, -0.2) is 47.9 Å². The lowest BCUT2D eigenvalue weighted by atomic mass is 10.0. The summed E-state index contributed by atoms with van der Waals surface area (Å²) in [6, 6.07) is 3.41. The van der Waals surface area contributed by atoms with Gasteiger partial charge in [-0.25, -0.2) is 4.98 Å². The minimum Gasteiger partial charge on any atom is -0.358 e. The molecule has 1 amide bonds. The summed E-state index contributed by atoms with van der Waals surface area (Å²) < 4.78 is 3.33. The third-order valence-corrected chi connectivity index (χ3v) is 4.21. The fourth-order valence-corrected chi connectivity index (χ4v) is 3.08. The number of nitrogens with zero attached hydrogens (tertiary/aromatic N) is 7. The van der Waals surface area contributed by atoms with Crippen LogP contribution in [-0.2, 0) is 11.8 Å². The summed E-state index contributed by atoms with van der Waals surface area (Å²) in [6.45, 7) is 2.59. The normalized spacial score (nSPS) is 18.3. The Bertz CT molecular complexity index is 898. The molecule has 1 N–H and O–H groups in total. The number of rotatable bonds is 3. The van der Waals surface area contributed by atoms with E-state index in [4.69, 9.17) is 0 Å². The van der Waals surface area contributed by atoms with Gasteiger partial charge in [0, 0.05) is 31.4 Å². The Kier molecular flexibility index (Phi) is 3.40. The van der Waals surface area contributed by atoms with Crippen LogP contribution in [0.2, 0.25) is 0 Å². The van der Waals surface area contributed by atoms with Crippen LogP contribution in [0.25, 0.3) is 5.78 Å². The summed E-state index contributed by atoms with van der Waals surface area (Å²) in [7, 11) is 1.84. The van der Waals surface area contributed by atoms with E-state index < -0.39 is 0 Å². The number of carbonyl (C=O) groups is 1. The second-order valence-corrected chi connectivity index (χ2v) is 5.90. The van der Waals surface area contributed by atoms with Crippen LogP contribution in [0.4, 0.5) is 11.6 Å². The monoisotopic (exact) mass is 326 g/mol. The van der Waals surface area contributed by atoms with Crippen molar-refractivity contribution >= 4 is 23.3 Å². The molecule has 0 radical (unpaired) electrons. The zero-order valence-corrected chi connectivity index (χ0v) is 13.5. The topological polar surface area (TPSA) is 93.2 Å². The number of hydrogen-bond acceptors (Lipinski definition) is 6. The smallest absolute Gasteiger partial charge is 0.254 e. The van der Waals surface area contributed by atoms with Gasteiger partial charge in [0.15, 0.2) is 0 Å². The summed E-state index contributed by atoms with van der Waals surface area (Å²) in [6.07, 6.45) is 4.84. The van der Waals surface area contributed by atoms with Crippen molar-refractivity contribution in [3.05, 3.63) is 30.4 Å². The van der Waals surface area contributed by atoms with Crippen molar-refractivity contribution in [1.82, 2.24) is 29.4 Å². The van der Waals surface area contributed by atoms with E-state index in [-0.39, 0.29) is 11.9 Å². The van der Waals surface area contributed by atoms with Gasteiger partial charge in [0.2, 0.25) is 0 Å². The summed E-state index contributed by atoms with van der Waals surface area (Å²) >= 11 is 0. The average Bonchev–Trinajstić information content (AvgIpc) is 3.18. The number of amides is 1. The fourth-order valence-electron chi connectivity index (χ4n) is 3.08. The van der Waals surface area contributed by atoms with Crippen molar-refractivity contribution in [3.63, 3.8) is 0 Å². The van der Waals surface area contributed by atoms with E-state index in [2.05, 4.69) is 25.5 Å². The van der Waals surface area contributed by atoms with E-state index in [1.54, 1.807) is 20.3 Å². The lowest BCUT2D eigenvalue weighted by molar-refractivity contribution is -0.120. The third kappa shape index (κ3) is 2.38. The zero-order chi connectivity index (χ0) is 16.7. The quantitative estimate of drug-likeness (QED) is 0.764. The van der Waals surface area contributed by atoms with Crippen LogP contribution in [0.5, 0.6) is 0 Å². The highest BCUT2D eigenvalue weighted by Gasteiger charge is 2.31. The Morgan fingerprint density at radius 2 is 2.21 bits per heavy atom. The van der Waals surface area contributed by atoms with Gasteiger partial charge in [0.1, 0.15) is 24.0 Å². The number of anilines is 2. The molecule has 1 unspecified atom stereocenters. The number of piperidine rings is 1. The molecule has 1 fully saturated rings. The summed E-state index contributed by atoms with van der Waals surface area (Å²) in [5.41, 5.74) is 0.824. The molecule has 0 bridgehead atoms. The molecule has 24 heavy (non-hydrogen) atoms. The van der Waals surface area contributed by atoms with Crippen molar-refractivity contribution in [1.29, 1.82) is 0 Å². The summed E-state index contributed by atoms with van der Waals surface area (Å²) in [5, 5.41) is 11.6. The first kappa shape index (κ1) is 14.6. The second kappa shape index (κ2) is 5.59. The first-order valence-corrected chi connectivity index (χ1v) is 7.87. The number of carbonyl (C=O) groups excluding carboxylic acids is 1. The summed E-state index contributed by atoms with van der Waals surface area (Å²) in [4.78, 5) is 23.1. The van der Waals surface area contributed by atoms with Crippen molar-refractivity contribution in [3.8, 4) is 0 Å². The maximum Gasteiger partial charge on any atom is 0.254 e. The van der Waals surface area contributed by atoms with E-state index in [1.165, 1.54) is 6.33 Å². The fraction of sp³-hybridized carbons (Fsp3) is 0.400. The standard InChI is InChI=1S/C15H18N8O/c1-10-8-12(23-15(19-10)16-9-18-23)20-11-4-3-7-22(14(11)24)13-5-6-17-21(13)2/h5-6,8-9,11,20H,3-4,7H2,1-2H3. The zero-order valence-electron chi connectivity index (χ0n) is 13.5. The van der Waals surface area contributed by atoms with Crippen LogP contribution in [0.15, 0.2) is 24.7 Å². The van der Waals surface area contributed by atoms with Gasteiger partial charge in [0.25, 0.3) is 11.7 Å². The van der Waals surface area contributed by atoms with Crippen LogP contribution in [0.1, 0.15) is 18.5 Å². The predicted octanol–water partition coefficient (Wildman–Crippen LogP) is 0.774. The number of aryl methyl sites for hydroxylation is 2. The Morgan fingerprint density at radius 1 is 1.33 bits per heavy atom. The molecule has 0 aromatic carbocycles. The van der Waals surface area contributed by atoms with E-state index in [0.717, 1.165) is 30.2 Å². The maximum atomic E-state index is 12.9. The molecule has 9 heteroatoms. The molecule has 4 rings (SSSR count). The van der Waals surface area contributed by atoms with Gasteiger partial charge in [-0.1, -0.05) is 0 Å². The molecule has 0 spiro atoms. The van der Waals surface area contributed by atoms with Gasteiger partial charge in [-0.2, -0.15) is 19.7 Å². The van der Waals surface area contributed by atoms with Crippen LogP contribution in [0, 0.1) is 6.92 Å². The van der Waals surface area contributed by atoms with Gasteiger partial charge >= 0.3 is 0 Å². The van der Waals surface area contributed by atoms with Crippen LogP contribution >= 0.6 is 0 Å². The highest BCUT2D eigenvalue weighted by Crippen LogP contribution is 2.22. The number of fused-ring (bicyclic) bond motifs is 1. The number of hydrogen-bond donors (Lipinski definition) is 1. The molecule has 0 aliphatic carbocycles. The van der Waals surface area contributed by atoms with Gasteiger partial charge in [-0.15, -0.1) is 0 Å². The highest BCUT2D eigenvalue weighted by atomic mass is 16.2. The predicted molar refractivity (Wildman–Crippen MR) is 87.7 cm³/mol. The van der Waals surface area contributed by atoms with E-state index in [9.17, 15) is 4.79 Å². The lowest BCUT2D eigenvalue weighted by Gasteiger charge is -2.32. The molecular weight excluding hydrogens is 308 g/mol. The average molecular weight is 326 g/mol. The van der Waals surface area contributed by atoms with Crippen molar-refractivity contribution in [2.75, 3.05) is 16.8 Å². The van der Waals surface area contributed by atoms with E-state index in [0.29, 0.717) is 12.3 Å². The molecule has 4 heterocycles. The Labute approximate surface area is 138 Å². The van der Waals surface area contributed by atoms with Gasteiger partial charge in [-0.05, 0) is 19.8 Å².